The highest BCUT2D eigenvalue weighted by molar-refractivity contribution is 7.11. The van der Waals surface area contributed by atoms with Crippen molar-refractivity contribution in [1.82, 2.24) is 24.5 Å². The molecule has 3 aromatic heterocycles. The van der Waals surface area contributed by atoms with Gasteiger partial charge in [0.2, 0.25) is 0 Å². The van der Waals surface area contributed by atoms with Gasteiger partial charge in [-0.2, -0.15) is 10.2 Å². The molecule has 0 amide bonds. The van der Waals surface area contributed by atoms with Gasteiger partial charge in [0.05, 0.1) is 23.4 Å². The number of hydrogen-bond acceptors (Lipinski definition) is 5. The Balaban J connectivity index is 0.000000207. The Bertz CT molecular complexity index is 1060. The van der Waals surface area contributed by atoms with Crippen LogP contribution in [0.2, 0.25) is 0 Å². The molecule has 1 aliphatic rings. The van der Waals surface area contributed by atoms with Crippen molar-refractivity contribution in [2.45, 2.75) is 137 Å². The average Bonchev–Trinajstić information content (AvgIpc) is 3.60. The van der Waals surface area contributed by atoms with E-state index in [1.807, 2.05) is 34.6 Å². The fraction of sp³-hybridized carbons (Fsp3) is 0.719. The minimum absolute atomic E-state index is 0.198. The lowest BCUT2D eigenvalue weighted by molar-refractivity contribution is 0.0662. The minimum Gasteiger partial charge on any atom is -0.381 e. The predicted octanol–water partition coefficient (Wildman–Crippen LogP) is 8.86. The molecule has 1 fully saturated rings. The molecule has 0 saturated carbocycles. The van der Waals surface area contributed by atoms with Gasteiger partial charge in [0.15, 0.2) is 0 Å². The van der Waals surface area contributed by atoms with Crippen LogP contribution in [-0.2, 0) is 21.0 Å². The standard InChI is InChI=1S/C12H20N2O.C10H18N2.C10H17NS/c1-12(2,3)10-8-13-14(9-10)11-4-6-15-7-5-11;1-8(2)12-7-9(6-11-12)10(3,4)5;1-7(2)9-11-6-8(12-9)10(3,4)5/h8-9,11H,4-7H2,1-3H3;6-8H,1-5H3;6-7H,1-5H3. The van der Waals surface area contributed by atoms with Crippen molar-refractivity contribution in [2.75, 3.05) is 13.2 Å². The van der Waals surface area contributed by atoms with Gasteiger partial charge in [0.1, 0.15) is 0 Å². The second kappa shape index (κ2) is 13.6. The Morgan fingerprint density at radius 2 is 1.31 bits per heavy atom. The maximum absolute atomic E-state index is 5.35. The highest BCUT2D eigenvalue weighted by Gasteiger charge is 2.21. The van der Waals surface area contributed by atoms with Crippen LogP contribution in [0.15, 0.2) is 31.0 Å². The van der Waals surface area contributed by atoms with Gasteiger partial charge in [-0.25, -0.2) is 4.98 Å². The zero-order chi connectivity index (χ0) is 29.6. The van der Waals surface area contributed by atoms with E-state index in [4.69, 9.17) is 4.74 Å². The topological polar surface area (TPSA) is 57.8 Å². The first-order valence-electron chi connectivity index (χ1n) is 14.5. The molecule has 0 atom stereocenters. The highest BCUT2D eigenvalue weighted by Crippen LogP contribution is 2.30. The maximum atomic E-state index is 5.35. The molecule has 0 N–H and O–H groups in total. The summed E-state index contributed by atoms with van der Waals surface area (Å²) < 4.78 is 9.47. The summed E-state index contributed by atoms with van der Waals surface area (Å²) in [5.41, 5.74) is 3.28. The molecule has 4 heterocycles. The fourth-order valence-electron chi connectivity index (χ4n) is 3.78. The van der Waals surface area contributed by atoms with E-state index in [0.717, 1.165) is 26.1 Å². The lowest BCUT2D eigenvalue weighted by Crippen LogP contribution is -2.20. The van der Waals surface area contributed by atoms with Crippen LogP contribution in [0.1, 0.15) is 142 Å². The number of thiazole rings is 1. The van der Waals surface area contributed by atoms with Gasteiger partial charge < -0.3 is 4.74 Å². The summed E-state index contributed by atoms with van der Waals surface area (Å²) in [7, 11) is 0. The first-order valence-corrected chi connectivity index (χ1v) is 15.3. The summed E-state index contributed by atoms with van der Waals surface area (Å²) in [5.74, 6) is 0.561. The van der Waals surface area contributed by atoms with Gasteiger partial charge in [-0.15, -0.1) is 11.3 Å². The predicted molar refractivity (Wildman–Crippen MR) is 166 cm³/mol. The fourth-order valence-corrected chi connectivity index (χ4v) is 4.76. The smallest absolute Gasteiger partial charge is 0.0953 e. The SMILES string of the molecule is CC(C)(C)c1cnn(C2CCOCC2)c1.CC(C)c1ncc(C(C)(C)C)s1.CC(C)n1cc(C(C)(C)C)cn1. The van der Waals surface area contributed by atoms with Gasteiger partial charge in [0, 0.05) is 48.6 Å². The third kappa shape index (κ3) is 10.5. The van der Waals surface area contributed by atoms with Crippen molar-refractivity contribution < 1.29 is 4.74 Å². The normalized spacial score (nSPS) is 15.2. The molecular weight excluding hydrogens is 502 g/mol. The number of aromatic nitrogens is 5. The van der Waals surface area contributed by atoms with Crippen LogP contribution in [0.3, 0.4) is 0 Å². The van der Waals surface area contributed by atoms with E-state index in [-0.39, 0.29) is 16.2 Å². The van der Waals surface area contributed by atoms with Crippen LogP contribution < -0.4 is 0 Å². The molecule has 3 aromatic rings. The van der Waals surface area contributed by atoms with Gasteiger partial charge >= 0.3 is 0 Å². The van der Waals surface area contributed by atoms with Crippen LogP contribution >= 0.6 is 11.3 Å². The number of rotatable bonds is 3. The van der Waals surface area contributed by atoms with Crippen molar-refractivity contribution >= 4 is 11.3 Å². The molecule has 6 nitrogen and oxygen atoms in total. The zero-order valence-corrected chi connectivity index (χ0v) is 27.8. The van der Waals surface area contributed by atoms with Crippen LogP contribution in [0.5, 0.6) is 0 Å². The maximum Gasteiger partial charge on any atom is 0.0953 e. The summed E-state index contributed by atoms with van der Waals surface area (Å²) in [6.07, 6.45) is 12.5. The Kier molecular flexibility index (Phi) is 11.6. The summed E-state index contributed by atoms with van der Waals surface area (Å²) in [4.78, 5) is 5.78. The van der Waals surface area contributed by atoms with Crippen LogP contribution in [0.4, 0.5) is 0 Å². The molecule has 0 bridgehead atoms. The summed E-state index contributed by atoms with van der Waals surface area (Å²) in [6.45, 7) is 30.3. The van der Waals surface area contributed by atoms with Crippen molar-refractivity contribution in [3.63, 3.8) is 0 Å². The van der Waals surface area contributed by atoms with Crippen molar-refractivity contribution in [2.24, 2.45) is 0 Å². The van der Waals surface area contributed by atoms with E-state index in [1.165, 1.54) is 21.0 Å². The van der Waals surface area contributed by atoms with Crippen LogP contribution in [-0.4, -0.2) is 37.8 Å². The molecule has 0 aliphatic carbocycles. The Labute approximate surface area is 242 Å². The average molecular weight is 558 g/mol. The number of hydrogen-bond donors (Lipinski definition) is 0. The molecule has 0 aromatic carbocycles. The molecule has 0 unspecified atom stereocenters. The van der Waals surface area contributed by atoms with E-state index in [9.17, 15) is 0 Å². The van der Waals surface area contributed by atoms with Gasteiger partial charge in [0.25, 0.3) is 0 Å². The third-order valence-corrected chi connectivity index (χ3v) is 8.51. The summed E-state index contributed by atoms with van der Waals surface area (Å²) >= 11 is 1.84. The van der Waals surface area contributed by atoms with Crippen LogP contribution in [0, 0.1) is 0 Å². The molecule has 7 heteroatoms. The summed E-state index contributed by atoms with van der Waals surface area (Å²) in [5, 5.41) is 10.0. The number of nitrogens with zero attached hydrogens (tertiary/aromatic N) is 5. The molecule has 0 radical (unpaired) electrons. The Hall–Kier alpha value is -1.99. The van der Waals surface area contributed by atoms with E-state index < -0.39 is 0 Å². The first-order chi connectivity index (χ1) is 17.9. The minimum atomic E-state index is 0.198. The molecule has 39 heavy (non-hydrogen) atoms. The zero-order valence-electron chi connectivity index (χ0n) is 27.0. The van der Waals surface area contributed by atoms with E-state index in [1.54, 1.807) is 0 Å². The van der Waals surface area contributed by atoms with E-state index >= 15 is 0 Å². The quantitative estimate of drug-likeness (QED) is 0.323. The molecule has 0 spiro atoms. The number of ether oxygens (including phenoxy) is 1. The van der Waals surface area contributed by atoms with Crippen LogP contribution in [0.25, 0.3) is 0 Å². The lowest BCUT2D eigenvalue weighted by Gasteiger charge is -2.22. The lowest BCUT2D eigenvalue weighted by atomic mass is 9.90. The van der Waals surface area contributed by atoms with Gasteiger partial charge in [-0.3, -0.25) is 9.36 Å². The molecule has 4 rings (SSSR count). The Morgan fingerprint density at radius 3 is 1.67 bits per heavy atom. The van der Waals surface area contributed by atoms with Gasteiger partial charge in [-0.1, -0.05) is 76.2 Å². The molecule has 220 valence electrons. The van der Waals surface area contributed by atoms with Crippen molar-refractivity contribution in [3.05, 3.63) is 52.0 Å². The Morgan fingerprint density at radius 1 is 0.769 bits per heavy atom. The monoisotopic (exact) mass is 557 g/mol. The van der Waals surface area contributed by atoms with E-state index in [2.05, 4.69) is 122 Å². The van der Waals surface area contributed by atoms with Gasteiger partial charge in [-0.05, 0) is 54.1 Å². The van der Waals surface area contributed by atoms with E-state index in [0.29, 0.717) is 18.0 Å². The third-order valence-electron chi connectivity index (χ3n) is 6.79. The van der Waals surface area contributed by atoms with Crippen molar-refractivity contribution in [3.8, 4) is 0 Å². The second-order valence-electron chi connectivity index (χ2n) is 14.3. The molecule has 1 aliphatic heterocycles. The highest BCUT2D eigenvalue weighted by atomic mass is 32.1. The molecule has 1 saturated heterocycles. The second-order valence-corrected chi connectivity index (χ2v) is 15.4. The van der Waals surface area contributed by atoms with Crippen molar-refractivity contribution in [1.29, 1.82) is 0 Å². The molecular formula is C32H55N5OS. The first kappa shape index (κ1) is 33.2. The largest absolute Gasteiger partial charge is 0.381 e. The summed E-state index contributed by atoms with van der Waals surface area (Å²) in [6, 6.07) is 0.996.